The van der Waals surface area contributed by atoms with Crippen LogP contribution in [0.1, 0.15) is 34.7 Å². The molecule has 2 heterocycles. The van der Waals surface area contributed by atoms with Gasteiger partial charge in [-0.05, 0) is 47.9 Å². The molecule has 1 aliphatic heterocycles. The number of nitrogens with zero attached hydrogens (tertiary/aromatic N) is 1. The number of ether oxygens (including phenoxy) is 5. The minimum absolute atomic E-state index is 0.0136. The molecule has 43 heavy (non-hydrogen) atoms. The van der Waals surface area contributed by atoms with Crippen LogP contribution in [0.4, 0.5) is 0 Å². The van der Waals surface area contributed by atoms with E-state index >= 15 is 0 Å². The molecular weight excluding hydrogens is 552 g/mol. The average Bonchev–Trinajstić information content (AvgIpc) is 3.04. The molecule has 10 nitrogen and oxygen atoms in total. The van der Waals surface area contributed by atoms with Crippen LogP contribution in [-0.2, 0) is 19.8 Å². The third-order valence-corrected chi connectivity index (χ3v) is 7.91. The number of aromatic amines is 1. The first-order chi connectivity index (χ1) is 20.8. The van der Waals surface area contributed by atoms with Crippen LogP contribution in [0.3, 0.4) is 0 Å². The quantitative estimate of drug-likeness (QED) is 0.270. The summed E-state index contributed by atoms with van der Waals surface area (Å²) >= 11 is 0. The number of aryl methyl sites for hydroxylation is 1. The molecule has 2 N–H and O–H groups in total. The minimum atomic E-state index is -1.10. The number of H-pyrrole nitrogens is 1. The van der Waals surface area contributed by atoms with E-state index in [-0.39, 0.29) is 13.0 Å². The highest BCUT2D eigenvalue weighted by atomic mass is 16.7. The van der Waals surface area contributed by atoms with Gasteiger partial charge in [0.05, 0.1) is 33.0 Å². The summed E-state index contributed by atoms with van der Waals surface area (Å²) < 4.78 is 30.9. The number of nitrogens with one attached hydrogen (secondary N) is 1. The lowest BCUT2D eigenvalue weighted by Gasteiger charge is -2.42. The van der Waals surface area contributed by atoms with Crippen LogP contribution < -0.4 is 20.7 Å². The van der Waals surface area contributed by atoms with Crippen LogP contribution in [0.15, 0.2) is 94.6 Å². The fourth-order valence-electron chi connectivity index (χ4n) is 5.59. The van der Waals surface area contributed by atoms with Gasteiger partial charge >= 0.3 is 5.69 Å². The number of methoxy groups -OCH3 is 3. The van der Waals surface area contributed by atoms with Gasteiger partial charge < -0.3 is 28.8 Å². The third kappa shape index (κ3) is 6.00. The van der Waals surface area contributed by atoms with Crippen molar-refractivity contribution >= 4 is 0 Å². The molecule has 0 amide bonds. The molecule has 0 spiro atoms. The monoisotopic (exact) mass is 588 g/mol. The van der Waals surface area contributed by atoms with Crippen LogP contribution in [0, 0.1) is 6.92 Å². The number of hydrogen-bond donors (Lipinski definition) is 2. The lowest BCUT2D eigenvalue weighted by Crippen LogP contribution is -2.51. The smallest absolute Gasteiger partial charge is 0.328 e. The maximum atomic E-state index is 12.6. The third-order valence-electron chi connectivity index (χ3n) is 7.91. The van der Waals surface area contributed by atoms with E-state index in [4.69, 9.17) is 23.7 Å². The molecule has 1 saturated heterocycles. The van der Waals surface area contributed by atoms with E-state index in [1.54, 1.807) is 21.1 Å². The number of aliphatic hydroxyl groups is 1. The highest BCUT2D eigenvalue weighted by Crippen LogP contribution is 2.42. The summed E-state index contributed by atoms with van der Waals surface area (Å²) in [6.07, 6.45) is -1.08. The number of hydrogen-bond acceptors (Lipinski definition) is 8. The molecule has 4 aromatic rings. The van der Waals surface area contributed by atoms with E-state index in [9.17, 15) is 14.7 Å². The Hall–Kier alpha value is -4.22. The second-order valence-corrected chi connectivity index (χ2v) is 10.4. The summed E-state index contributed by atoms with van der Waals surface area (Å²) in [6, 6.07) is 24.5. The van der Waals surface area contributed by atoms with E-state index in [2.05, 4.69) is 4.98 Å². The van der Waals surface area contributed by atoms with Crippen LogP contribution in [0.2, 0.25) is 0 Å². The molecular formula is C33H36N2O8. The van der Waals surface area contributed by atoms with E-state index in [0.717, 1.165) is 16.7 Å². The molecule has 0 bridgehead atoms. The Balaban J connectivity index is 1.52. The summed E-state index contributed by atoms with van der Waals surface area (Å²) in [6.45, 7) is 1.59. The normalized spacial score (nSPS) is 20.5. The van der Waals surface area contributed by atoms with E-state index in [0.29, 0.717) is 17.1 Å². The molecule has 0 radical (unpaired) electrons. The summed E-state index contributed by atoms with van der Waals surface area (Å²) in [5.74, 6) is 1.40. The number of benzene rings is 3. The number of rotatable bonds is 10. The lowest BCUT2D eigenvalue weighted by atomic mass is 9.80. The van der Waals surface area contributed by atoms with Gasteiger partial charge in [0, 0.05) is 25.3 Å². The van der Waals surface area contributed by atoms with Crippen molar-refractivity contribution in [2.45, 2.75) is 43.5 Å². The van der Waals surface area contributed by atoms with Gasteiger partial charge in [0.15, 0.2) is 6.29 Å². The molecule has 1 fully saturated rings. The molecule has 0 saturated carbocycles. The number of aliphatic hydroxyl groups excluding tert-OH is 1. The Morgan fingerprint density at radius 2 is 1.44 bits per heavy atom. The maximum Gasteiger partial charge on any atom is 0.328 e. The van der Waals surface area contributed by atoms with Crippen molar-refractivity contribution < 1.29 is 28.8 Å². The van der Waals surface area contributed by atoms with E-state index in [1.807, 2.05) is 78.9 Å². The van der Waals surface area contributed by atoms with E-state index < -0.39 is 41.4 Å². The lowest BCUT2D eigenvalue weighted by molar-refractivity contribution is -0.249. The number of aromatic nitrogens is 2. The van der Waals surface area contributed by atoms with Crippen molar-refractivity contribution in [3.05, 3.63) is 128 Å². The predicted molar refractivity (Wildman–Crippen MR) is 160 cm³/mol. The van der Waals surface area contributed by atoms with Crippen molar-refractivity contribution in [2.24, 2.45) is 0 Å². The summed E-state index contributed by atoms with van der Waals surface area (Å²) in [7, 11) is 4.70. The van der Waals surface area contributed by atoms with Crippen molar-refractivity contribution in [3.63, 3.8) is 0 Å². The zero-order valence-electron chi connectivity index (χ0n) is 24.6. The van der Waals surface area contributed by atoms with Gasteiger partial charge in [-0.3, -0.25) is 14.3 Å². The second kappa shape index (κ2) is 13.0. The fraction of sp³-hybridized carbons (Fsp3) is 0.333. The van der Waals surface area contributed by atoms with Crippen molar-refractivity contribution in [2.75, 3.05) is 27.9 Å². The zero-order chi connectivity index (χ0) is 30.6. The molecule has 0 aliphatic carbocycles. The molecule has 3 aromatic carbocycles. The van der Waals surface area contributed by atoms with Gasteiger partial charge in [-0.25, -0.2) is 4.79 Å². The van der Waals surface area contributed by atoms with Gasteiger partial charge in [-0.15, -0.1) is 0 Å². The molecule has 4 atom stereocenters. The molecule has 226 valence electrons. The maximum absolute atomic E-state index is 12.6. The van der Waals surface area contributed by atoms with E-state index in [1.165, 1.54) is 17.9 Å². The largest absolute Gasteiger partial charge is 0.497 e. The minimum Gasteiger partial charge on any atom is -0.497 e. The Morgan fingerprint density at radius 1 is 0.884 bits per heavy atom. The first-order valence-corrected chi connectivity index (χ1v) is 14.0. The summed E-state index contributed by atoms with van der Waals surface area (Å²) in [4.78, 5) is 26.9. The fourth-order valence-corrected chi connectivity index (χ4v) is 5.59. The van der Waals surface area contributed by atoms with Crippen molar-refractivity contribution in [1.29, 1.82) is 0 Å². The first-order valence-electron chi connectivity index (χ1n) is 14.0. The Morgan fingerprint density at radius 3 is 1.98 bits per heavy atom. The molecule has 1 aromatic heterocycles. The molecule has 10 heteroatoms. The first kappa shape index (κ1) is 30.2. The predicted octanol–water partition coefficient (Wildman–Crippen LogP) is 3.53. The standard InChI is InChI=1S/C33H36N2O8/c1-21-19-35(32(38)34-30(21)37)27-18-28(36)29(43-31(27)41-4)20-42-33(22-8-6-5-7-9-22,23-10-14-25(39-2)15-11-23)24-12-16-26(40-3)17-13-24/h5-17,19,27-29,31,36H,18,20H2,1-4H3,(H,34,37,38)/t27-,28-,29+,31+/m0/s1. The highest BCUT2D eigenvalue weighted by Gasteiger charge is 2.43. The van der Waals surface area contributed by atoms with Crippen LogP contribution in [-0.4, -0.2) is 61.1 Å². The van der Waals surface area contributed by atoms with Crippen molar-refractivity contribution in [1.82, 2.24) is 9.55 Å². The Bertz CT molecular complexity index is 1570. The van der Waals surface area contributed by atoms with Gasteiger partial charge in [0.2, 0.25) is 0 Å². The van der Waals surface area contributed by atoms with Crippen molar-refractivity contribution in [3.8, 4) is 11.5 Å². The highest BCUT2D eigenvalue weighted by molar-refractivity contribution is 5.49. The van der Waals surface area contributed by atoms with Gasteiger partial charge in [0.25, 0.3) is 5.56 Å². The molecule has 1 aliphatic rings. The Kier molecular flexibility index (Phi) is 9.12. The topological polar surface area (TPSA) is 121 Å². The molecule has 0 unspecified atom stereocenters. The van der Waals surface area contributed by atoms with Crippen LogP contribution in [0.5, 0.6) is 11.5 Å². The van der Waals surface area contributed by atoms with Crippen LogP contribution in [0.25, 0.3) is 0 Å². The summed E-state index contributed by atoms with van der Waals surface area (Å²) in [5.41, 5.74) is 0.740. The Labute approximate surface area is 249 Å². The zero-order valence-corrected chi connectivity index (χ0v) is 24.6. The second-order valence-electron chi connectivity index (χ2n) is 10.4. The van der Waals surface area contributed by atoms with Gasteiger partial charge in [-0.1, -0.05) is 54.6 Å². The average molecular weight is 589 g/mol. The molecule has 5 rings (SSSR count). The van der Waals surface area contributed by atoms with Gasteiger partial charge in [0.1, 0.15) is 23.2 Å². The van der Waals surface area contributed by atoms with Crippen LogP contribution >= 0.6 is 0 Å². The summed E-state index contributed by atoms with van der Waals surface area (Å²) in [5, 5.41) is 11.3. The van der Waals surface area contributed by atoms with Gasteiger partial charge in [-0.2, -0.15) is 0 Å². The SMILES string of the molecule is COc1ccc(C(OC[C@H]2O[C@@H](OC)[C@@H](n3cc(C)c(=O)[nH]c3=O)C[C@@H]2O)(c2ccccc2)c2ccc(OC)cc2)cc1.